The van der Waals surface area contributed by atoms with Crippen LogP contribution in [0.15, 0.2) is 85.1 Å². The first-order valence-electron chi connectivity index (χ1n) is 27.1. The van der Waals surface area contributed by atoms with Crippen molar-refractivity contribution in [1.82, 2.24) is 0 Å². The van der Waals surface area contributed by atoms with E-state index in [1.54, 1.807) is 0 Å². The van der Waals surface area contributed by atoms with Gasteiger partial charge in [0.2, 0.25) is 0 Å². The number of unbranched alkanes of at least 4 members (excludes halogenated alkanes) is 26. The van der Waals surface area contributed by atoms with Gasteiger partial charge in [-0.1, -0.05) is 241 Å². The highest BCUT2D eigenvalue weighted by Gasteiger charge is 2.19. The Balaban J connectivity index is 4.44. The van der Waals surface area contributed by atoms with Crippen LogP contribution in [0.5, 0.6) is 0 Å². The summed E-state index contributed by atoms with van der Waals surface area (Å²) < 4.78 is 16.8. The third-order valence-corrected chi connectivity index (χ3v) is 11.5. The van der Waals surface area contributed by atoms with Crippen LogP contribution >= 0.6 is 0 Å². The average molecular weight is 905 g/mol. The van der Waals surface area contributed by atoms with Gasteiger partial charge in [-0.2, -0.15) is 0 Å². The van der Waals surface area contributed by atoms with Gasteiger partial charge in [-0.05, 0) is 77.0 Å². The molecule has 0 fully saturated rings. The van der Waals surface area contributed by atoms with Crippen LogP contribution in [0, 0.1) is 0 Å². The first-order valence-corrected chi connectivity index (χ1v) is 27.1. The molecule has 0 aromatic heterocycles. The van der Waals surface area contributed by atoms with Crippen molar-refractivity contribution in [1.29, 1.82) is 0 Å². The van der Waals surface area contributed by atoms with E-state index in [9.17, 15) is 14.4 Å². The van der Waals surface area contributed by atoms with Crippen LogP contribution in [0.25, 0.3) is 0 Å². The van der Waals surface area contributed by atoms with Crippen molar-refractivity contribution in [3.63, 3.8) is 0 Å². The quantitative estimate of drug-likeness (QED) is 0.0199. The third-order valence-electron chi connectivity index (χ3n) is 11.5. The summed E-state index contributed by atoms with van der Waals surface area (Å²) in [5.74, 6) is -0.956. The predicted octanol–water partition coefficient (Wildman–Crippen LogP) is 18.0. The van der Waals surface area contributed by atoms with E-state index in [1.807, 2.05) is 0 Å². The summed E-state index contributed by atoms with van der Waals surface area (Å²) in [6.45, 7) is 6.44. The van der Waals surface area contributed by atoms with Crippen molar-refractivity contribution in [3.8, 4) is 0 Å². The topological polar surface area (TPSA) is 78.9 Å². The Morgan fingerprint density at radius 3 is 1.14 bits per heavy atom. The second kappa shape index (κ2) is 53.2. The van der Waals surface area contributed by atoms with E-state index in [2.05, 4.69) is 106 Å². The van der Waals surface area contributed by atoms with E-state index in [0.29, 0.717) is 19.3 Å². The van der Waals surface area contributed by atoms with Gasteiger partial charge in [0.1, 0.15) is 13.2 Å². The van der Waals surface area contributed by atoms with Crippen molar-refractivity contribution in [3.05, 3.63) is 85.1 Å². The molecule has 0 aromatic carbocycles. The van der Waals surface area contributed by atoms with Gasteiger partial charge < -0.3 is 14.2 Å². The van der Waals surface area contributed by atoms with E-state index in [4.69, 9.17) is 14.2 Å². The van der Waals surface area contributed by atoms with Crippen molar-refractivity contribution in [2.24, 2.45) is 0 Å². The molecule has 1 atom stereocenters. The van der Waals surface area contributed by atoms with Gasteiger partial charge >= 0.3 is 17.9 Å². The lowest BCUT2D eigenvalue weighted by molar-refractivity contribution is -0.167. The fraction of sp³-hybridized carbons (Fsp3) is 0.712. The van der Waals surface area contributed by atoms with E-state index < -0.39 is 6.10 Å². The molecule has 6 heteroatoms. The van der Waals surface area contributed by atoms with E-state index in [1.165, 1.54) is 109 Å². The summed E-state index contributed by atoms with van der Waals surface area (Å²) in [5, 5.41) is 0. The molecule has 0 aliphatic rings. The zero-order valence-electron chi connectivity index (χ0n) is 42.5. The Hall–Kier alpha value is -3.41. The Labute approximate surface area is 401 Å². The fourth-order valence-corrected chi connectivity index (χ4v) is 7.41. The molecule has 0 bridgehead atoms. The molecule has 0 N–H and O–H groups in total. The highest BCUT2D eigenvalue weighted by atomic mass is 16.6. The van der Waals surface area contributed by atoms with Gasteiger partial charge in [0.15, 0.2) is 6.10 Å². The van der Waals surface area contributed by atoms with Crippen LogP contribution in [-0.4, -0.2) is 37.2 Å². The molecule has 0 spiro atoms. The molecular weight excluding hydrogens is 805 g/mol. The number of hydrogen-bond acceptors (Lipinski definition) is 6. The van der Waals surface area contributed by atoms with Gasteiger partial charge in [-0.25, -0.2) is 0 Å². The second-order valence-corrected chi connectivity index (χ2v) is 17.9. The standard InChI is InChI=1S/C59H100O6/c1-4-7-10-13-16-19-22-25-27-29-31-32-34-37-40-43-46-49-52-58(61)64-55-56(54-63-57(60)51-48-45-42-39-36-24-21-18-15-12-9-6-3)65-59(62)53-50-47-44-41-38-35-33-30-28-26-23-20-17-14-11-8-5-2/h9,12,16,18-19,21-22,25,27,29,31-32,36,39,56H,4-8,10-11,13-15,17,20,23-24,26,28,30,33-35,37-38,40-55H2,1-3H3/b12-9-,19-16-,21-18-,25-22-,29-27-,32-31-,39-36-. The molecule has 0 heterocycles. The number of rotatable bonds is 48. The molecule has 0 amide bonds. The summed E-state index contributed by atoms with van der Waals surface area (Å²) in [7, 11) is 0. The highest BCUT2D eigenvalue weighted by Crippen LogP contribution is 2.15. The molecule has 0 saturated carbocycles. The highest BCUT2D eigenvalue weighted by molar-refractivity contribution is 5.71. The first-order chi connectivity index (χ1) is 32.0. The van der Waals surface area contributed by atoms with Crippen LogP contribution in [0.2, 0.25) is 0 Å². The summed E-state index contributed by atoms with van der Waals surface area (Å²) in [4.78, 5) is 38.0. The second-order valence-electron chi connectivity index (χ2n) is 17.9. The summed E-state index contributed by atoms with van der Waals surface area (Å²) in [6.07, 6.45) is 68.6. The molecule has 0 radical (unpaired) electrons. The summed E-state index contributed by atoms with van der Waals surface area (Å²) in [5.41, 5.74) is 0. The van der Waals surface area contributed by atoms with Crippen molar-refractivity contribution >= 4 is 17.9 Å². The first kappa shape index (κ1) is 61.6. The Bertz CT molecular complexity index is 1270. The number of hydrogen-bond donors (Lipinski definition) is 0. The molecular formula is C59H100O6. The Morgan fingerprint density at radius 2 is 0.662 bits per heavy atom. The van der Waals surface area contributed by atoms with Gasteiger partial charge in [-0.3, -0.25) is 14.4 Å². The van der Waals surface area contributed by atoms with E-state index >= 15 is 0 Å². The van der Waals surface area contributed by atoms with Crippen molar-refractivity contribution in [2.45, 2.75) is 258 Å². The minimum Gasteiger partial charge on any atom is -0.462 e. The number of ether oxygens (including phenoxy) is 3. The third kappa shape index (κ3) is 51.4. The lowest BCUT2D eigenvalue weighted by Crippen LogP contribution is -2.30. The van der Waals surface area contributed by atoms with E-state index in [0.717, 1.165) is 103 Å². The largest absolute Gasteiger partial charge is 0.462 e. The zero-order chi connectivity index (χ0) is 47.2. The molecule has 1 unspecified atom stereocenters. The molecule has 65 heavy (non-hydrogen) atoms. The van der Waals surface area contributed by atoms with Crippen LogP contribution < -0.4 is 0 Å². The Morgan fingerprint density at radius 1 is 0.338 bits per heavy atom. The lowest BCUT2D eigenvalue weighted by atomic mass is 10.0. The number of esters is 3. The summed E-state index contributed by atoms with van der Waals surface area (Å²) >= 11 is 0. The van der Waals surface area contributed by atoms with Gasteiger partial charge in [0, 0.05) is 19.3 Å². The SMILES string of the molecule is CC/C=C\C/C=C\C/C=C\CCCCC(=O)OCC(COC(=O)CCCCCCC\C=C/C=C\C=C/C=C\CCCCC)OC(=O)CCCCCCCCCCCCCCCCCCC. The maximum Gasteiger partial charge on any atom is 0.306 e. The van der Waals surface area contributed by atoms with Crippen LogP contribution in [0.4, 0.5) is 0 Å². The predicted molar refractivity (Wildman–Crippen MR) is 279 cm³/mol. The number of carbonyl (C=O) groups is 3. The van der Waals surface area contributed by atoms with Crippen molar-refractivity contribution in [2.75, 3.05) is 13.2 Å². The molecule has 6 nitrogen and oxygen atoms in total. The van der Waals surface area contributed by atoms with E-state index in [-0.39, 0.29) is 31.1 Å². The summed E-state index contributed by atoms with van der Waals surface area (Å²) in [6, 6.07) is 0. The van der Waals surface area contributed by atoms with Gasteiger partial charge in [0.25, 0.3) is 0 Å². The maximum atomic E-state index is 12.8. The molecule has 0 rings (SSSR count). The van der Waals surface area contributed by atoms with Crippen LogP contribution in [0.3, 0.4) is 0 Å². The fourth-order valence-electron chi connectivity index (χ4n) is 7.41. The maximum absolute atomic E-state index is 12.8. The minimum atomic E-state index is -0.800. The molecule has 0 aromatic rings. The van der Waals surface area contributed by atoms with Crippen LogP contribution in [0.1, 0.15) is 252 Å². The smallest absolute Gasteiger partial charge is 0.306 e. The normalized spacial score (nSPS) is 12.7. The van der Waals surface area contributed by atoms with Crippen LogP contribution in [-0.2, 0) is 28.6 Å². The van der Waals surface area contributed by atoms with Gasteiger partial charge in [0.05, 0.1) is 0 Å². The average Bonchev–Trinajstić information content (AvgIpc) is 3.30. The minimum absolute atomic E-state index is 0.0998. The van der Waals surface area contributed by atoms with Gasteiger partial charge in [-0.15, -0.1) is 0 Å². The van der Waals surface area contributed by atoms with Crippen molar-refractivity contribution < 1.29 is 28.6 Å². The Kier molecular flexibility index (Phi) is 50.4. The lowest BCUT2D eigenvalue weighted by Gasteiger charge is -2.18. The number of carbonyl (C=O) groups excluding carboxylic acids is 3. The zero-order valence-corrected chi connectivity index (χ0v) is 42.5. The molecule has 0 aliphatic carbocycles. The molecule has 372 valence electrons. The molecule has 0 saturated heterocycles. The molecule has 0 aliphatic heterocycles. The monoisotopic (exact) mass is 905 g/mol. The number of allylic oxidation sites excluding steroid dienone is 14.